The van der Waals surface area contributed by atoms with Crippen LogP contribution in [0.5, 0.6) is 0 Å². The SMILES string of the molecule is CCC(C)C(NC(=O)C1CCCN1)C(=O)NC(CO)C(=O)NCC(=O)O. The van der Waals surface area contributed by atoms with Crippen LogP contribution in [-0.4, -0.2) is 71.7 Å². The van der Waals surface area contributed by atoms with E-state index < -0.39 is 43.0 Å². The highest BCUT2D eigenvalue weighted by Gasteiger charge is 2.32. The molecule has 4 unspecified atom stereocenters. The highest BCUT2D eigenvalue weighted by molar-refractivity contribution is 5.94. The van der Waals surface area contributed by atoms with E-state index in [1.165, 1.54) is 0 Å². The highest BCUT2D eigenvalue weighted by Crippen LogP contribution is 2.11. The van der Waals surface area contributed by atoms with Crippen LogP contribution in [0.15, 0.2) is 0 Å². The number of carbonyl (C=O) groups is 4. The molecule has 148 valence electrons. The lowest BCUT2D eigenvalue weighted by Gasteiger charge is -2.26. The van der Waals surface area contributed by atoms with E-state index in [0.29, 0.717) is 12.8 Å². The minimum Gasteiger partial charge on any atom is -0.480 e. The second-order valence-electron chi connectivity index (χ2n) is 6.38. The summed E-state index contributed by atoms with van der Waals surface area (Å²) >= 11 is 0. The Balaban J connectivity index is 2.72. The third kappa shape index (κ3) is 6.60. The average molecular weight is 372 g/mol. The van der Waals surface area contributed by atoms with Gasteiger partial charge < -0.3 is 31.5 Å². The molecular formula is C16H28N4O6. The predicted octanol–water partition coefficient (Wildman–Crippen LogP) is -2.05. The molecule has 26 heavy (non-hydrogen) atoms. The van der Waals surface area contributed by atoms with Crippen molar-refractivity contribution in [2.45, 2.75) is 51.2 Å². The number of aliphatic hydroxyl groups excluding tert-OH is 1. The molecule has 0 spiro atoms. The number of nitrogens with one attached hydrogen (secondary N) is 4. The van der Waals surface area contributed by atoms with Gasteiger partial charge in [0, 0.05) is 0 Å². The summed E-state index contributed by atoms with van der Waals surface area (Å²) in [4.78, 5) is 47.2. The molecule has 0 aromatic rings. The molecular weight excluding hydrogens is 344 g/mol. The minimum atomic E-state index is -1.30. The lowest BCUT2D eigenvalue weighted by atomic mass is 9.97. The molecule has 0 saturated carbocycles. The molecule has 0 aromatic heterocycles. The Labute approximate surface area is 152 Å². The van der Waals surface area contributed by atoms with Gasteiger partial charge in [0.25, 0.3) is 0 Å². The number of carboxylic acids is 1. The van der Waals surface area contributed by atoms with Gasteiger partial charge in [0.1, 0.15) is 18.6 Å². The zero-order chi connectivity index (χ0) is 19.7. The maximum absolute atomic E-state index is 12.6. The Morgan fingerprint density at radius 1 is 1.19 bits per heavy atom. The monoisotopic (exact) mass is 372 g/mol. The first-order chi connectivity index (χ1) is 12.3. The zero-order valence-electron chi connectivity index (χ0n) is 15.1. The molecule has 10 heteroatoms. The van der Waals surface area contributed by atoms with E-state index >= 15 is 0 Å². The maximum atomic E-state index is 12.6. The van der Waals surface area contributed by atoms with Gasteiger partial charge in [-0.3, -0.25) is 19.2 Å². The lowest BCUT2D eigenvalue weighted by molar-refractivity contribution is -0.139. The first kappa shape index (κ1) is 21.8. The van der Waals surface area contributed by atoms with Crippen molar-refractivity contribution in [1.82, 2.24) is 21.3 Å². The number of amides is 3. The van der Waals surface area contributed by atoms with Crippen LogP contribution in [0.3, 0.4) is 0 Å². The maximum Gasteiger partial charge on any atom is 0.322 e. The van der Waals surface area contributed by atoms with Crippen LogP contribution in [0, 0.1) is 5.92 Å². The van der Waals surface area contributed by atoms with Crippen molar-refractivity contribution in [2.75, 3.05) is 19.7 Å². The lowest BCUT2D eigenvalue weighted by Crippen LogP contribution is -2.58. The van der Waals surface area contributed by atoms with Crippen molar-refractivity contribution in [3.63, 3.8) is 0 Å². The average Bonchev–Trinajstić information content (AvgIpc) is 3.15. The largest absolute Gasteiger partial charge is 0.480 e. The summed E-state index contributed by atoms with van der Waals surface area (Å²) in [5, 5.41) is 28.1. The number of aliphatic hydroxyl groups is 1. The van der Waals surface area contributed by atoms with E-state index in [2.05, 4.69) is 21.3 Å². The molecule has 1 aliphatic heterocycles. The second kappa shape index (κ2) is 10.7. The Kier molecular flexibility index (Phi) is 9.00. The molecule has 0 radical (unpaired) electrons. The van der Waals surface area contributed by atoms with Gasteiger partial charge in [-0.1, -0.05) is 20.3 Å². The quantitative estimate of drug-likeness (QED) is 0.258. The summed E-state index contributed by atoms with van der Waals surface area (Å²) in [6, 6.07) is -2.51. The van der Waals surface area contributed by atoms with Crippen molar-refractivity contribution in [3.05, 3.63) is 0 Å². The third-order valence-corrected chi connectivity index (χ3v) is 4.40. The Hall–Kier alpha value is -2.20. The molecule has 1 heterocycles. The summed E-state index contributed by atoms with van der Waals surface area (Å²) in [6.07, 6.45) is 2.19. The molecule has 1 aliphatic rings. The molecule has 6 N–H and O–H groups in total. The van der Waals surface area contributed by atoms with Crippen molar-refractivity contribution >= 4 is 23.7 Å². The fourth-order valence-corrected chi connectivity index (χ4v) is 2.61. The molecule has 0 aromatic carbocycles. The van der Waals surface area contributed by atoms with Gasteiger partial charge in [-0.25, -0.2) is 0 Å². The van der Waals surface area contributed by atoms with E-state index in [9.17, 15) is 24.3 Å². The Morgan fingerprint density at radius 2 is 1.88 bits per heavy atom. The van der Waals surface area contributed by atoms with E-state index in [-0.39, 0.29) is 17.9 Å². The van der Waals surface area contributed by atoms with Crippen LogP contribution in [0.4, 0.5) is 0 Å². The highest BCUT2D eigenvalue weighted by atomic mass is 16.4. The first-order valence-electron chi connectivity index (χ1n) is 8.74. The topological polar surface area (TPSA) is 157 Å². The summed E-state index contributed by atoms with van der Waals surface area (Å²) in [5.74, 6) is -3.12. The molecule has 1 fully saturated rings. The number of carboxylic acid groups (broad SMARTS) is 1. The summed E-state index contributed by atoms with van der Waals surface area (Å²) < 4.78 is 0. The van der Waals surface area contributed by atoms with Gasteiger partial charge in [-0.05, 0) is 25.3 Å². The number of rotatable bonds is 10. The van der Waals surface area contributed by atoms with Crippen molar-refractivity contribution in [2.24, 2.45) is 5.92 Å². The van der Waals surface area contributed by atoms with Crippen molar-refractivity contribution < 1.29 is 29.4 Å². The number of hydrogen-bond donors (Lipinski definition) is 6. The second-order valence-corrected chi connectivity index (χ2v) is 6.38. The zero-order valence-corrected chi connectivity index (χ0v) is 15.1. The molecule has 3 amide bonds. The smallest absolute Gasteiger partial charge is 0.322 e. The Bertz CT molecular complexity index is 521. The first-order valence-corrected chi connectivity index (χ1v) is 8.74. The minimum absolute atomic E-state index is 0.193. The van der Waals surface area contributed by atoms with Gasteiger partial charge in [0.15, 0.2) is 0 Å². The van der Waals surface area contributed by atoms with E-state index in [4.69, 9.17) is 5.11 Å². The van der Waals surface area contributed by atoms with Crippen molar-refractivity contribution in [3.8, 4) is 0 Å². The van der Waals surface area contributed by atoms with E-state index in [1.54, 1.807) is 6.92 Å². The Morgan fingerprint density at radius 3 is 2.38 bits per heavy atom. The molecule has 1 rings (SSSR count). The molecule has 10 nitrogen and oxygen atoms in total. The summed E-state index contributed by atoms with van der Waals surface area (Å²) in [6.45, 7) is 3.10. The van der Waals surface area contributed by atoms with Gasteiger partial charge in [-0.15, -0.1) is 0 Å². The van der Waals surface area contributed by atoms with Crippen LogP contribution in [0.2, 0.25) is 0 Å². The fourth-order valence-electron chi connectivity index (χ4n) is 2.61. The normalized spacial score (nSPS) is 19.9. The molecule has 0 bridgehead atoms. The van der Waals surface area contributed by atoms with Gasteiger partial charge >= 0.3 is 5.97 Å². The standard InChI is InChI=1S/C16H28N4O6/c1-3-9(2)13(20-15(25)10-5-4-6-17-10)16(26)19-11(8-21)14(24)18-7-12(22)23/h9-11,13,17,21H,3-8H2,1-2H3,(H,18,24)(H,19,26)(H,20,25)(H,22,23). The number of aliphatic carboxylic acids is 1. The summed E-state index contributed by atoms with van der Waals surface area (Å²) in [5.41, 5.74) is 0. The number of carbonyl (C=O) groups excluding carboxylic acids is 3. The van der Waals surface area contributed by atoms with Crippen LogP contribution < -0.4 is 21.3 Å². The number of hydrogen-bond acceptors (Lipinski definition) is 6. The van der Waals surface area contributed by atoms with Crippen LogP contribution in [-0.2, 0) is 19.2 Å². The van der Waals surface area contributed by atoms with E-state index in [1.807, 2.05) is 6.92 Å². The predicted molar refractivity (Wildman–Crippen MR) is 92.1 cm³/mol. The van der Waals surface area contributed by atoms with Crippen LogP contribution in [0.1, 0.15) is 33.1 Å². The van der Waals surface area contributed by atoms with Gasteiger partial charge in [0.05, 0.1) is 12.6 Å². The molecule has 1 saturated heterocycles. The van der Waals surface area contributed by atoms with Gasteiger partial charge in [-0.2, -0.15) is 0 Å². The summed E-state index contributed by atoms with van der Waals surface area (Å²) in [7, 11) is 0. The third-order valence-electron chi connectivity index (χ3n) is 4.40. The van der Waals surface area contributed by atoms with Crippen LogP contribution in [0.25, 0.3) is 0 Å². The fraction of sp³-hybridized carbons (Fsp3) is 0.750. The van der Waals surface area contributed by atoms with Crippen LogP contribution >= 0.6 is 0 Å². The molecule has 0 aliphatic carbocycles. The molecule has 4 atom stereocenters. The van der Waals surface area contributed by atoms with Gasteiger partial charge in [0.2, 0.25) is 17.7 Å². The van der Waals surface area contributed by atoms with E-state index in [0.717, 1.165) is 13.0 Å². The van der Waals surface area contributed by atoms with Crippen molar-refractivity contribution in [1.29, 1.82) is 0 Å².